The maximum Gasteiger partial charge on any atom is 0.227 e. The molecule has 9 aromatic carbocycles. The van der Waals surface area contributed by atoms with Crippen molar-refractivity contribution in [1.82, 2.24) is 4.98 Å². The summed E-state index contributed by atoms with van der Waals surface area (Å²) in [5, 5.41) is 6.97. The number of nitrogens with zero attached hydrogens (tertiary/aromatic N) is 2. The molecule has 4 heteroatoms. The minimum Gasteiger partial charge on any atom is -0.456 e. The van der Waals surface area contributed by atoms with Gasteiger partial charge in [-0.15, -0.1) is 0 Å². The Morgan fingerprint density at radius 1 is 0.382 bits per heavy atom. The van der Waals surface area contributed by atoms with Crippen LogP contribution in [-0.2, 0) is 0 Å². The second-order valence-electron chi connectivity index (χ2n) is 13.9. The van der Waals surface area contributed by atoms with Crippen LogP contribution in [0.15, 0.2) is 203 Å². The van der Waals surface area contributed by atoms with Crippen LogP contribution >= 0.6 is 0 Å². The van der Waals surface area contributed by atoms with Crippen LogP contribution in [0.5, 0.6) is 0 Å². The molecular formula is C51H32N2O2. The summed E-state index contributed by atoms with van der Waals surface area (Å²) in [5.74, 6) is 0.593. The van der Waals surface area contributed by atoms with E-state index in [0.29, 0.717) is 5.89 Å². The number of anilines is 3. The van der Waals surface area contributed by atoms with Gasteiger partial charge in [0.25, 0.3) is 0 Å². The fourth-order valence-electron chi connectivity index (χ4n) is 8.15. The van der Waals surface area contributed by atoms with Crippen LogP contribution in [0.4, 0.5) is 17.1 Å². The normalized spacial score (nSPS) is 11.6. The van der Waals surface area contributed by atoms with Crippen LogP contribution in [0.1, 0.15) is 0 Å². The molecule has 2 aromatic heterocycles. The van der Waals surface area contributed by atoms with Gasteiger partial charge in [0.05, 0.1) is 5.39 Å². The molecule has 0 unspecified atom stereocenters. The topological polar surface area (TPSA) is 42.4 Å². The van der Waals surface area contributed by atoms with Gasteiger partial charge >= 0.3 is 0 Å². The van der Waals surface area contributed by atoms with Gasteiger partial charge in [-0.3, -0.25) is 0 Å². The second-order valence-corrected chi connectivity index (χ2v) is 13.9. The van der Waals surface area contributed by atoms with E-state index in [-0.39, 0.29) is 0 Å². The van der Waals surface area contributed by atoms with Gasteiger partial charge in [-0.05, 0) is 117 Å². The van der Waals surface area contributed by atoms with E-state index in [9.17, 15) is 0 Å². The molecule has 258 valence electrons. The van der Waals surface area contributed by atoms with Gasteiger partial charge in [0.15, 0.2) is 5.58 Å². The minimum absolute atomic E-state index is 0.593. The fourth-order valence-corrected chi connectivity index (χ4v) is 8.15. The van der Waals surface area contributed by atoms with Crippen molar-refractivity contribution >= 4 is 71.6 Å². The zero-order valence-corrected chi connectivity index (χ0v) is 29.7. The third-order valence-corrected chi connectivity index (χ3v) is 10.7. The average Bonchev–Trinajstić information content (AvgIpc) is 3.87. The van der Waals surface area contributed by atoms with Crippen LogP contribution in [0.25, 0.3) is 88.3 Å². The standard InChI is InChI=1S/C51H32N2O2/c1-3-13-34(14-4-1)51-52-45-29-30-47-49(50(45)55-51)48-41(23-12-24-46(48)54-47)35-16-11-19-39(31-35)53(37-17-5-2-6-18-37)38-27-25-33(26-28-38)44-32-36-15-7-8-20-40(36)42-21-9-10-22-43(42)44/h1-32H. The highest BCUT2D eigenvalue weighted by atomic mass is 16.4. The Labute approximate surface area is 317 Å². The summed E-state index contributed by atoms with van der Waals surface area (Å²) in [7, 11) is 0. The maximum absolute atomic E-state index is 6.51. The Balaban J connectivity index is 1.04. The summed E-state index contributed by atoms with van der Waals surface area (Å²) in [6.45, 7) is 0. The van der Waals surface area contributed by atoms with E-state index in [4.69, 9.17) is 13.8 Å². The molecule has 0 aliphatic carbocycles. The number of benzene rings is 9. The first-order valence-electron chi connectivity index (χ1n) is 18.5. The van der Waals surface area contributed by atoms with Crippen LogP contribution in [-0.4, -0.2) is 4.98 Å². The Hall–Kier alpha value is -7.43. The molecular weight excluding hydrogens is 673 g/mol. The molecule has 0 atom stereocenters. The zero-order valence-electron chi connectivity index (χ0n) is 29.7. The smallest absolute Gasteiger partial charge is 0.227 e. The highest BCUT2D eigenvalue weighted by Gasteiger charge is 2.21. The van der Waals surface area contributed by atoms with Crippen LogP contribution < -0.4 is 4.90 Å². The fraction of sp³-hybridized carbons (Fsp3) is 0. The molecule has 55 heavy (non-hydrogen) atoms. The summed E-state index contributed by atoms with van der Waals surface area (Å²) in [6, 6.07) is 68.2. The van der Waals surface area contributed by atoms with Gasteiger partial charge in [0, 0.05) is 28.0 Å². The summed E-state index contributed by atoms with van der Waals surface area (Å²) in [6.07, 6.45) is 0. The zero-order chi connectivity index (χ0) is 36.3. The second kappa shape index (κ2) is 12.6. The molecule has 0 radical (unpaired) electrons. The van der Waals surface area contributed by atoms with Crippen molar-refractivity contribution in [3.8, 4) is 33.7 Å². The third-order valence-electron chi connectivity index (χ3n) is 10.7. The lowest BCUT2D eigenvalue weighted by Gasteiger charge is -2.26. The molecule has 0 aliphatic heterocycles. The number of rotatable bonds is 6. The first kappa shape index (κ1) is 31.1. The van der Waals surface area contributed by atoms with E-state index in [1.54, 1.807) is 0 Å². The lowest BCUT2D eigenvalue weighted by atomic mass is 9.93. The van der Waals surface area contributed by atoms with Crippen molar-refractivity contribution in [2.75, 3.05) is 4.90 Å². The van der Waals surface area contributed by atoms with E-state index in [1.807, 2.05) is 48.5 Å². The Morgan fingerprint density at radius 2 is 1.04 bits per heavy atom. The number of oxazole rings is 1. The molecule has 0 amide bonds. The summed E-state index contributed by atoms with van der Waals surface area (Å²) in [4.78, 5) is 7.18. The summed E-state index contributed by atoms with van der Waals surface area (Å²) in [5.41, 5.74) is 11.8. The summed E-state index contributed by atoms with van der Waals surface area (Å²) >= 11 is 0. The number of hydrogen-bond acceptors (Lipinski definition) is 4. The van der Waals surface area contributed by atoms with Gasteiger partial charge in [0.1, 0.15) is 16.7 Å². The first-order valence-corrected chi connectivity index (χ1v) is 18.5. The number of aromatic nitrogens is 1. The Kier molecular flexibility index (Phi) is 7.14. The van der Waals surface area contributed by atoms with E-state index < -0.39 is 0 Å². The Morgan fingerprint density at radius 3 is 1.87 bits per heavy atom. The maximum atomic E-state index is 6.51. The van der Waals surface area contributed by atoms with Crippen molar-refractivity contribution in [2.24, 2.45) is 0 Å². The molecule has 0 aliphatic rings. The average molecular weight is 705 g/mol. The predicted octanol–water partition coefficient (Wildman–Crippen LogP) is 14.5. The highest BCUT2D eigenvalue weighted by Crippen LogP contribution is 2.44. The minimum atomic E-state index is 0.593. The van der Waals surface area contributed by atoms with E-state index in [1.165, 1.54) is 32.7 Å². The third kappa shape index (κ3) is 5.19. The molecule has 0 bridgehead atoms. The molecule has 0 N–H and O–H groups in total. The molecule has 0 saturated carbocycles. The van der Waals surface area contributed by atoms with E-state index in [0.717, 1.165) is 66.8 Å². The monoisotopic (exact) mass is 704 g/mol. The van der Waals surface area contributed by atoms with Gasteiger partial charge in [-0.2, -0.15) is 0 Å². The molecule has 11 rings (SSSR count). The predicted molar refractivity (Wildman–Crippen MR) is 227 cm³/mol. The lowest BCUT2D eigenvalue weighted by Crippen LogP contribution is -2.09. The van der Waals surface area contributed by atoms with Gasteiger partial charge < -0.3 is 13.7 Å². The largest absolute Gasteiger partial charge is 0.456 e. The molecule has 2 heterocycles. The molecule has 4 nitrogen and oxygen atoms in total. The van der Waals surface area contributed by atoms with Gasteiger partial charge in [0.2, 0.25) is 5.89 Å². The number of hydrogen-bond donors (Lipinski definition) is 0. The van der Waals surface area contributed by atoms with Gasteiger partial charge in [-0.1, -0.05) is 121 Å². The first-order chi connectivity index (χ1) is 27.3. The quantitative estimate of drug-likeness (QED) is 0.162. The van der Waals surface area contributed by atoms with Crippen LogP contribution in [0.3, 0.4) is 0 Å². The van der Waals surface area contributed by atoms with Crippen molar-refractivity contribution in [3.05, 3.63) is 194 Å². The van der Waals surface area contributed by atoms with Crippen molar-refractivity contribution in [1.29, 1.82) is 0 Å². The van der Waals surface area contributed by atoms with Crippen molar-refractivity contribution in [3.63, 3.8) is 0 Å². The number of para-hydroxylation sites is 1. The van der Waals surface area contributed by atoms with Crippen molar-refractivity contribution in [2.45, 2.75) is 0 Å². The summed E-state index contributed by atoms with van der Waals surface area (Å²) < 4.78 is 13.0. The SMILES string of the molecule is c1ccc(-c2nc3ccc4oc5cccc(-c6cccc(N(c7ccccc7)c7ccc(-c8cc9ccccc9c9ccccc89)cc7)c6)c5c4c3o2)cc1. The Bertz CT molecular complexity index is 3200. The van der Waals surface area contributed by atoms with E-state index in [2.05, 4.69) is 150 Å². The van der Waals surface area contributed by atoms with Gasteiger partial charge in [-0.25, -0.2) is 4.98 Å². The molecule has 0 fully saturated rings. The molecule has 11 aromatic rings. The van der Waals surface area contributed by atoms with Crippen molar-refractivity contribution < 1.29 is 8.83 Å². The number of furan rings is 1. The van der Waals surface area contributed by atoms with Crippen LogP contribution in [0.2, 0.25) is 0 Å². The van der Waals surface area contributed by atoms with Crippen LogP contribution in [0, 0.1) is 0 Å². The van der Waals surface area contributed by atoms with E-state index >= 15 is 0 Å². The highest BCUT2D eigenvalue weighted by molar-refractivity contribution is 6.21. The number of fused-ring (bicyclic) bond motifs is 8. The lowest BCUT2D eigenvalue weighted by molar-refractivity contribution is 0.622. The molecule has 0 spiro atoms. The molecule has 0 saturated heterocycles.